The molecular formula is C21H25N5OS. The number of rotatable bonds is 5. The van der Waals surface area contributed by atoms with Crippen LogP contribution in [0.3, 0.4) is 0 Å². The number of ether oxygens (including phenoxy) is 1. The van der Waals surface area contributed by atoms with E-state index in [-0.39, 0.29) is 0 Å². The summed E-state index contributed by atoms with van der Waals surface area (Å²) < 4.78 is 7.48. The van der Waals surface area contributed by atoms with E-state index in [9.17, 15) is 0 Å². The maximum atomic E-state index is 6.24. The highest BCUT2D eigenvalue weighted by Gasteiger charge is 2.25. The van der Waals surface area contributed by atoms with Gasteiger partial charge in [-0.05, 0) is 44.6 Å². The fraction of sp³-hybridized carbons (Fsp3) is 0.429. The number of nitrogens with zero attached hydrogens (tertiary/aromatic N) is 5. The first-order valence-electron chi connectivity index (χ1n) is 9.88. The van der Waals surface area contributed by atoms with Crippen LogP contribution < -0.4 is 14.5 Å². The van der Waals surface area contributed by atoms with Crippen molar-refractivity contribution in [3.05, 3.63) is 42.2 Å². The lowest BCUT2D eigenvalue weighted by atomic mass is 10.2. The van der Waals surface area contributed by atoms with Gasteiger partial charge in [-0.3, -0.25) is 4.98 Å². The third-order valence-corrected chi connectivity index (χ3v) is 6.66. The summed E-state index contributed by atoms with van der Waals surface area (Å²) in [7, 11) is 2.19. The van der Waals surface area contributed by atoms with Crippen LogP contribution in [0, 0.1) is 0 Å². The Kier molecular flexibility index (Phi) is 4.78. The van der Waals surface area contributed by atoms with E-state index >= 15 is 0 Å². The number of thiazole rings is 1. The summed E-state index contributed by atoms with van der Waals surface area (Å²) in [5.41, 5.74) is 5.32. The molecule has 146 valence electrons. The van der Waals surface area contributed by atoms with Crippen LogP contribution in [0.5, 0.6) is 5.75 Å². The molecule has 6 nitrogen and oxygen atoms in total. The summed E-state index contributed by atoms with van der Waals surface area (Å²) in [6.07, 6.45) is 6.24. The van der Waals surface area contributed by atoms with Crippen LogP contribution in [0.2, 0.25) is 0 Å². The van der Waals surface area contributed by atoms with E-state index in [2.05, 4.69) is 49.9 Å². The van der Waals surface area contributed by atoms with Crippen molar-refractivity contribution in [3.8, 4) is 5.75 Å². The average Bonchev–Trinajstić information content (AvgIpc) is 3.47. The Morgan fingerprint density at radius 1 is 1.18 bits per heavy atom. The fourth-order valence-corrected chi connectivity index (χ4v) is 4.86. The number of hydrogen-bond acceptors (Lipinski definition) is 7. The van der Waals surface area contributed by atoms with Crippen LogP contribution in [0.15, 0.2) is 42.2 Å². The molecule has 2 aliphatic heterocycles. The Balaban J connectivity index is 1.30. The molecule has 28 heavy (non-hydrogen) atoms. The van der Waals surface area contributed by atoms with Crippen molar-refractivity contribution in [2.75, 3.05) is 49.8 Å². The maximum absolute atomic E-state index is 6.24. The van der Waals surface area contributed by atoms with Crippen molar-refractivity contribution in [2.24, 2.45) is 0 Å². The molecule has 0 aliphatic carbocycles. The Hall–Kier alpha value is -2.38. The van der Waals surface area contributed by atoms with Crippen LogP contribution in [0.4, 0.5) is 11.4 Å². The third kappa shape index (κ3) is 3.40. The van der Waals surface area contributed by atoms with E-state index in [4.69, 9.17) is 4.74 Å². The SMILES string of the molecule is CN1CCCC1COc1ccncc1N1CCN(c2ccc3ncsc3c2)C1. The zero-order valence-electron chi connectivity index (χ0n) is 16.1. The van der Waals surface area contributed by atoms with Crippen molar-refractivity contribution in [1.29, 1.82) is 0 Å². The largest absolute Gasteiger partial charge is 0.490 e. The van der Waals surface area contributed by atoms with Gasteiger partial charge in [0.05, 0.1) is 34.3 Å². The third-order valence-electron chi connectivity index (χ3n) is 5.87. The average molecular weight is 396 g/mol. The molecule has 2 saturated heterocycles. The first-order chi connectivity index (χ1) is 13.8. The van der Waals surface area contributed by atoms with Gasteiger partial charge in [0.15, 0.2) is 0 Å². The van der Waals surface area contributed by atoms with Crippen molar-refractivity contribution in [3.63, 3.8) is 0 Å². The molecule has 2 aliphatic rings. The summed E-state index contributed by atoms with van der Waals surface area (Å²) in [4.78, 5) is 15.9. The van der Waals surface area contributed by atoms with Crippen LogP contribution in [-0.4, -0.2) is 60.9 Å². The van der Waals surface area contributed by atoms with Gasteiger partial charge >= 0.3 is 0 Å². The standard InChI is InChI=1S/C21H25N5OS/c1-24-8-2-3-17(24)13-27-20-6-7-22-12-19(20)26-10-9-25(15-26)16-4-5-18-21(11-16)28-14-23-18/h4-7,11-12,14,17H,2-3,8-10,13,15H2,1H3. The summed E-state index contributed by atoms with van der Waals surface area (Å²) in [5.74, 6) is 0.940. The zero-order chi connectivity index (χ0) is 18.9. The first kappa shape index (κ1) is 17.7. The predicted molar refractivity (Wildman–Crippen MR) is 115 cm³/mol. The van der Waals surface area contributed by atoms with Gasteiger partial charge in [-0.25, -0.2) is 4.98 Å². The second-order valence-corrected chi connectivity index (χ2v) is 8.49. The monoisotopic (exact) mass is 395 g/mol. The number of anilines is 2. The highest BCUT2D eigenvalue weighted by molar-refractivity contribution is 7.16. The fourth-order valence-electron chi connectivity index (χ4n) is 4.15. The second-order valence-electron chi connectivity index (χ2n) is 7.60. The summed E-state index contributed by atoms with van der Waals surface area (Å²) in [6, 6.07) is 9.04. The molecule has 2 fully saturated rings. The Morgan fingerprint density at radius 3 is 3.00 bits per heavy atom. The molecule has 0 radical (unpaired) electrons. The number of aromatic nitrogens is 2. The van der Waals surface area contributed by atoms with Gasteiger partial charge in [0.2, 0.25) is 0 Å². The first-order valence-corrected chi connectivity index (χ1v) is 10.8. The quantitative estimate of drug-likeness (QED) is 0.659. The van der Waals surface area contributed by atoms with Crippen LogP contribution >= 0.6 is 11.3 Å². The lowest BCUT2D eigenvalue weighted by Gasteiger charge is -2.24. The van der Waals surface area contributed by atoms with Crippen molar-refractivity contribution in [1.82, 2.24) is 14.9 Å². The molecule has 2 aromatic heterocycles. The molecular weight excluding hydrogens is 370 g/mol. The Morgan fingerprint density at radius 2 is 2.11 bits per heavy atom. The molecule has 3 aromatic rings. The van der Waals surface area contributed by atoms with Gasteiger partial charge in [-0.15, -0.1) is 11.3 Å². The second kappa shape index (κ2) is 7.56. The topological polar surface area (TPSA) is 44.7 Å². The van der Waals surface area contributed by atoms with Gasteiger partial charge in [-0.1, -0.05) is 0 Å². The van der Waals surface area contributed by atoms with Gasteiger partial charge in [0.25, 0.3) is 0 Å². The number of fused-ring (bicyclic) bond motifs is 1. The smallest absolute Gasteiger partial charge is 0.145 e. The zero-order valence-corrected chi connectivity index (χ0v) is 16.9. The molecule has 5 rings (SSSR count). The predicted octanol–water partition coefficient (Wildman–Crippen LogP) is 3.45. The van der Waals surface area contributed by atoms with E-state index in [1.54, 1.807) is 11.3 Å². The van der Waals surface area contributed by atoms with Crippen LogP contribution in [0.25, 0.3) is 10.2 Å². The minimum Gasteiger partial charge on any atom is -0.490 e. The van der Waals surface area contributed by atoms with Crippen molar-refractivity contribution in [2.45, 2.75) is 18.9 Å². The summed E-state index contributed by atoms with van der Waals surface area (Å²) >= 11 is 1.69. The van der Waals surface area contributed by atoms with Gasteiger partial charge in [0, 0.05) is 37.1 Å². The van der Waals surface area contributed by atoms with E-state index in [1.165, 1.54) is 29.8 Å². The minimum absolute atomic E-state index is 0.516. The van der Waals surface area contributed by atoms with Crippen LogP contribution in [-0.2, 0) is 0 Å². The molecule has 1 aromatic carbocycles. The number of hydrogen-bond donors (Lipinski definition) is 0. The lowest BCUT2D eigenvalue weighted by Crippen LogP contribution is -2.31. The van der Waals surface area contributed by atoms with E-state index in [0.29, 0.717) is 6.04 Å². The molecule has 4 heterocycles. The molecule has 0 saturated carbocycles. The van der Waals surface area contributed by atoms with E-state index < -0.39 is 0 Å². The van der Waals surface area contributed by atoms with Crippen LogP contribution in [0.1, 0.15) is 12.8 Å². The Bertz CT molecular complexity index is 961. The van der Waals surface area contributed by atoms with Gasteiger partial charge < -0.3 is 19.4 Å². The number of benzene rings is 1. The van der Waals surface area contributed by atoms with Gasteiger partial charge in [-0.2, -0.15) is 0 Å². The highest BCUT2D eigenvalue weighted by Crippen LogP contribution is 2.32. The number of pyridine rings is 1. The number of likely N-dealkylation sites (N-methyl/N-ethyl adjacent to an activating group) is 1. The lowest BCUT2D eigenvalue weighted by molar-refractivity contribution is 0.198. The molecule has 0 N–H and O–H groups in total. The number of likely N-dealkylation sites (tertiary alicyclic amines) is 1. The maximum Gasteiger partial charge on any atom is 0.145 e. The summed E-state index contributed by atoms with van der Waals surface area (Å²) in [5, 5.41) is 0. The van der Waals surface area contributed by atoms with E-state index in [0.717, 1.165) is 43.3 Å². The minimum atomic E-state index is 0.516. The molecule has 0 bridgehead atoms. The summed E-state index contributed by atoms with van der Waals surface area (Å²) in [6.45, 7) is 4.71. The van der Waals surface area contributed by atoms with Crippen molar-refractivity contribution >= 4 is 32.9 Å². The molecule has 7 heteroatoms. The van der Waals surface area contributed by atoms with Crippen molar-refractivity contribution < 1.29 is 4.74 Å². The normalized spacial score (nSPS) is 20.4. The molecule has 1 unspecified atom stereocenters. The molecule has 0 amide bonds. The molecule has 0 spiro atoms. The van der Waals surface area contributed by atoms with Gasteiger partial charge in [0.1, 0.15) is 12.4 Å². The Labute approximate surface area is 169 Å². The highest BCUT2D eigenvalue weighted by atomic mass is 32.1. The molecule has 1 atom stereocenters. The van der Waals surface area contributed by atoms with E-state index in [1.807, 2.05) is 24.0 Å².